The third-order valence-corrected chi connectivity index (χ3v) is 3.25. The third kappa shape index (κ3) is 4.59. The van der Waals surface area contributed by atoms with Crippen LogP contribution in [0.2, 0.25) is 0 Å². The van der Waals surface area contributed by atoms with E-state index < -0.39 is 23.3 Å². The number of aliphatic carboxylic acids is 1. The predicted octanol–water partition coefficient (Wildman–Crippen LogP) is -0.458. The molecule has 0 spiro atoms. The number of hydrogen-bond donors (Lipinski definition) is 3. The maximum atomic E-state index is 11.9. The van der Waals surface area contributed by atoms with Crippen molar-refractivity contribution in [2.45, 2.75) is 39.3 Å². The van der Waals surface area contributed by atoms with Crippen LogP contribution in [0.15, 0.2) is 21.9 Å². The van der Waals surface area contributed by atoms with Crippen molar-refractivity contribution in [1.29, 1.82) is 0 Å². The number of nitrogens with one attached hydrogen (secondary N) is 2. The molecule has 1 atom stereocenters. The molecule has 8 heteroatoms. The van der Waals surface area contributed by atoms with Crippen molar-refractivity contribution in [3.05, 3.63) is 33.1 Å². The molecule has 21 heavy (non-hydrogen) atoms. The largest absolute Gasteiger partial charge is 0.480 e. The summed E-state index contributed by atoms with van der Waals surface area (Å²) in [5.74, 6) is -1.86. The lowest BCUT2D eigenvalue weighted by Crippen LogP contribution is -2.47. The summed E-state index contributed by atoms with van der Waals surface area (Å²) in [6.45, 7) is 3.43. The zero-order valence-electron chi connectivity index (χ0n) is 12.0. The second kappa shape index (κ2) is 7.41. The number of hydrogen-bond acceptors (Lipinski definition) is 4. The number of amides is 1. The molecule has 1 aromatic heterocycles. The van der Waals surface area contributed by atoms with Crippen molar-refractivity contribution in [2.24, 2.45) is 5.92 Å². The van der Waals surface area contributed by atoms with Crippen molar-refractivity contribution in [3.63, 3.8) is 0 Å². The van der Waals surface area contributed by atoms with Gasteiger partial charge >= 0.3 is 11.7 Å². The van der Waals surface area contributed by atoms with E-state index in [9.17, 15) is 19.2 Å². The smallest absolute Gasteiger partial charge is 0.328 e. The van der Waals surface area contributed by atoms with Crippen molar-refractivity contribution < 1.29 is 14.7 Å². The Morgan fingerprint density at radius 3 is 2.43 bits per heavy atom. The summed E-state index contributed by atoms with van der Waals surface area (Å²) in [7, 11) is 0. The van der Waals surface area contributed by atoms with Gasteiger partial charge in [0.2, 0.25) is 5.91 Å². The fraction of sp³-hybridized carbons (Fsp3) is 0.538. The molecular weight excluding hydrogens is 278 g/mol. The minimum Gasteiger partial charge on any atom is -0.480 e. The minimum atomic E-state index is -1.24. The number of carboxylic acids is 1. The molecule has 0 aliphatic rings. The zero-order chi connectivity index (χ0) is 16.0. The lowest BCUT2D eigenvalue weighted by atomic mass is 10.0. The first-order valence-corrected chi connectivity index (χ1v) is 6.72. The van der Waals surface area contributed by atoms with E-state index in [1.165, 1.54) is 6.20 Å². The quantitative estimate of drug-likeness (QED) is 0.629. The Morgan fingerprint density at radius 1 is 1.33 bits per heavy atom. The fourth-order valence-corrected chi connectivity index (χ4v) is 1.92. The summed E-state index contributed by atoms with van der Waals surface area (Å²) < 4.78 is 1.04. The maximum absolute atomic E-state index is 11.9. The maximum Gasteiger partial charge on any atom is 0.328 e. The minimum absolute atomic E-state index is 0.253. The van der Waals surface area contributed by atoms with Gasteiger partial charge in [-0.1, -0.05) is 13.8 Å². The van der Waals surface area contributed by atoms with Crippen LogP contribution < -0.4 is 16.6 Å². The van der Waals surface area contributed by atoms with Crippen LogP contribution in [0.3, 0.4) is 0 Å². The second-order valence-electron chi connectivity index (χ2n) is 4.68. The summed E-state index contributed by atoms with van der Waals surface area (Å²) in [4.78, 5) is 47.7. The highest BCUT2D eigenvalue weighted by Gasteiger charge is 2.24. The van der Waals surface area contributed by atoms with Crippen LogP contribution in [0.5, 0.6) is 0 Å². The highest BCUT2D eigenvalue weighted by molar-refractivity contribution is 5.84. The van der Waals surface area contributed by atoms with Gasteiger partial charge in [-0.3, -0.25) is 19.1 Å². The van der Waals surface area contributed by atoms with Gasteiger partial charge in [0.05, 0.1) is 6.54 Å². The molecule has 1 rings (SSSR count). The first kappa shape index (κ1) is 16.7. The first-order chi connectivity index (χ1) is 9.88. The van der Waals surface area contributed by atoms with Gasteiger partial charge in [-0.05, 0) is 12.8 Å². The Balaban J connectivity index is 2.88. The van der Waals surface area contributed by atoms with Gasteiger partial charge in [0.1, 0.15) is 6.04 Å². The Hall–Kier alpha value is -2.38. The van der Waals surface area contributed by atoms with E-state index in [1.54, 1.807) is 0 Å². The van der Waals surface area contributed by atoms with E-state index >= 15 is 0 Å². The van der Waals surface area contributed by atoms with E-state index in [-0.39, 0.29) is 18.4 Å². The van der Waals surface area contributed by atoms with Gasteiger partial charge in [0.25, 0.3) is 5.56 Å². The van der Waals surface area contributed by atoms with Crippen LogP contribution in [0.1, 0.15) is 26.7 Å². The molecule has 0 radical (unpaired) electrons. The lowest BCUT2D eigenvalue weighted by Gasteiger charge is -2.19. The molecule has 1 unspecified atom stereocenters. The molecule has 0 saturated heterocycles. The zero-order valence-corrected chi connectivity index (χ0v) is 12.0. The Kier molecular flexibility index (Phi) is 5.89. The molecule has 8 nitrogen and oxygen atoms in total. The predicted molar refractivity (Wildman–Crippen MR) is 75.0 cm³/mol. The fourth-order valence-electron chi connectivity index (χ4n) is 1.92. The van der Waals surface area contributed by atoms with Gasteiger partial charge in [-0.25, -0.2) is 9.59 Å². The molecule has 0 aromatic carbocycles. The number of carboxylic acid groups (broad SMARTS) is 1. The van der Waals surface area contributed by atoms with Crippen LogP contribution >= 0.6 is 0 Å². The Morgan fingerprint density at radius 2 is 1.95 bits per heavy atom. The number of carbonyl (C=O) groups excluding carboxylic acids is 1. The van der Waals surface area contributed by atoms with E-state index in [4.69, 9.17) is 5.11 Å². The molecule has 0 fully saturated rings. The summed E-state index contributed by atoms with van der Waals surface area (Å²) in [6.07, 6.45) is 2.40. The Labute approximate surface area is 120 Å². The van der Waals surface area contributed by atoms with Crippen molar-refractivity contribution >= 4 is 11.9 Å². The number of carbonyl (C=O) groups is 2. The van der Waals surface area contributed by atoms with Crippen LogP contribution in [0.4, 0.5) is 0 Å². The molecule has 1 aromatic rings. The van der Waals surface area contributed by atoms with E-state index in [1.807, 2.05) is 18.8 Å². The summed E-state index contributed by atoms with van der Waals surface area (Å²) >= 11 is 0. The SMILES string of the molecule is CCC(CC)C(=O)NC(Cn1ccc(=O)[nH]c1=O)C(=O)O. The standard InChI is InChI=1S/C13H19N3O5/c1-3-8(4-2)11(18)14-9(12(19)20)7-16-6-5-10(17)15-13(16)21/h5-6,8-9H,3-4,7H2,1-2H3,(H,14,18)(H,19,20)(H,15,17,21). The molecule has 0 aliphatic carbocycles. The number of H-pyrrole nitrogens is 1. The molecule has 0 bridgehead atoms. The molecular formula is C13H19N3O5. The van der Waals surface area contributed by atoms with Crippen LogP contribution in [-0.2, 0) is 16.1 Å². The van der Waals surface area contributed by atoms with Gasteiger partial charge < -0.3 is 10.4 Å². The lowest BCUT2D eigenvalue weighted by molar-refractivity contribution is -0.143. The van der Waals surface area contributed by atoms with E-state index in [0.29, 0.717) is 12.8 Å². The average Bonchev–Trinajstić information content (AvgIpc) is 2.42. The van der Waals surface area contributed by atoms with E-state index in [2.05, 4.69) is 5.32 Å². The first-order valence-electron chi connectivity index (χ1n) is 6.72. The summed E-state index contributed by atoms with van der Waals surface area (Å²) in [5.41, 5.74) is -1.28. The number of rotatable bonds is 7. The van der Waals surface area contributed by atoms with Gasteiger partial charge in [0.15, 0.2) is 0 Å². The van der Waals surface area contributed by atoms with E-state index in [0.717, 1.165) is 10.6 Å². The van der Waals surface area contributed by atoms with Crippen LogP contribution in [-0.4, -0.2) is 32.6 Å². The molecule has 0 aliphatic heterocycles. The highest BCUT2D eigenvalue weighted by atomic mass is 16.4. The number of aromatic amines is 1. The summed E-state index contributed by atoms with van der Waals surface area (Å²) in [5, 5.41) is 11.6. The molecule has 1 heterocycles. The van der Waals surface area contributed by atoms with Gasteiger partial charge in [-0.15, -0.1) is 0 Å². The summed E-state index contributed by atoms with van der Waals surface area (Å²) in [6, 6.07) is -0.120. The van der Waals surface area contributed by atoms with Crippen molar-refractivity contribution in [2.75, 3.05) is 0 Å². The molecule has 0 saturated carbocycles. The van der Waals surface area contributed by atoms with Gasteiger partial charge in [-0.2, -0.15) is 0 Å². The monoisotopic (exact) mass is 297 g/mol. The topological polar surface area (TPSA) is 121 Å². The van der Waals surface area contributed by atoms with Crippen LogP contribution in [0.25, 0.3) is 0 Å². The second-order valence-corrected chi connectivity index (χ2v) is 4.68. The third-order valence-electron chi connectivity index (χ3n) is 3.25. The van der Waals surface area contributed by atoms with Crippen molar-refractivity contribution in [3.8, 4) is 0 Å². The van der Waals surface area contributed by atoms with Gasteiger partial charge in [0, 0.05) is 18.2 Å². The molecule has 3 N–H and O–H groups in total. The molecule has 116 valence electrons. The average molecular weight is 297 g/mol. The molecule has 1 amide bonds. The number of nitrogens with zero attached hydrogens (tertiary/aromatic N) is 1. The highest BCUT2D eigenvalue weighted by Crippen LogP contribution is 2.07. The Bertz CT molecular complexity index is 615. The van der Waals surface area contributed by atoms with Crippen molar-refractivity contribution in [1.82, 2.24) is 14.9 Å². The van der Waals surface area contributed by atoms with Crippen LogP contribution in [0, 0.1) is 5.92 Å². The number of aromatic nitrogens is 2. The normalized spacial score (nSPS) is 12.1.